The summed E-state index contributed by atoms with van der Waals surface area (Å²) < 4.78 is 0. The summed E-state index contributed by atoms with van der Waals surface area (Å²) >= 11 is 0. The summed E-state index contributed by atoms with van der Waals surface area (Å²) in [5, 5.41) is 13.7. The van der Waals surface area contributed by atoms with Gasteiger partial charge in [-0.05, 0) is 44.9 Å². The first-order valence-electron chi connectivity index (χ1n) is 9.30. The number of carbonyl (C=O) groups is 2. The van der Waals surface area contributed by atoms with E-state index in [0.29, 0.717) is 19.5 Å². The monoisotopic (exact) mass is 335 g/mol. The molecule has 0 aliphatic rings. The van der Waals surface area contributed by atoms with Crippen LogP contribution in [0, 0.1) is 11.3 Å². The van der Waals surface area contributed by atoms with Crippen LogP contribution in [0.5, 0.6) is 0 Å². The predicted octanol–water partition coefficient (Wildman–Crippen LogP) is 3.61. The minimum atomic E-state index is -0.530. The smallest absolute Gasteiger partial charge is 0.309 e. The summed E-state index contributed by atoms with van der Waals surface area (Å²) in [5.74, 6) is -1.06. The SMILES string of the molecule is CCCCNC(=O)C(=O)NCCCC/C=C\CCCCCCC#N. The molecule has 0 aromatic carbocycles. The Hall–Kier alpha value is -1.83. The quantitative estimate of drug-likeness (QED) is 0.289. The van der Waals surface area contributed by atoms with Gasteiger partial charge < -0.3 is 10.6 Å². The van der Waals surface area contributed by atoms with Crippen molar-refractivity contribution < 1.29 is 9.59 Å². The van der Waals surface area contributed by atoms with Gasteiger partial charge in [-0.3, -0.25) is 9.59 Å². The summed E-state index contributed by atoms with van der Waals surface area (Å²) in [5.41, 5.74) is 0. The highest BCUT2D eigenvalue weighted by Gasteiger charge is 2.10. The molecule has 136 valence electrons. The molecule has 2 N–H and O–H groups in total. The van der Waals surface area contributed by atoms with E-state index in [1.54, 1.807) is 0 Å². The second kappa shape index (κ2) is 17.5. The van der Waals surface area contributed by atoms with E-state index in [9.17, 15) is 9.59 Å². The van der Waals surface area contributed by atoms with Crippen LogP contribution >= 0.6 is 0 Å². The van der Waals surface area contributed by atoms with Crippen molar-refractivity contribution in [2.45, 2.75) is 77.6 Å². The minimum Gasteiger partial charge on any atom is -0.348 e. The van der Waals surface area contributed by atoms with Crippen molar-refractivity contribution >= 4 is 11.8 Å². The van der Waals surface area contributed by atoms with Crippen molar-refractivity contribution in [3.63, 3.8) is 0 Å². The van der Waals surface area contributed by atoms with Gasteiger partial charge in [-0.25, -0.2) is 0 Å². The fourth-order valence-corrected chi connectivity index (χ4v) is 2.18. The van der Waals surface area contributed by atoms with Gasteiger partial charge in [0.05, 0.1) is 6.07 Å². The lowest BCUT2D eigenvalue weighted by Gasteiger charge is -2.05. The number of hydrogen-bond acceptors (Lipinski definition) is 3. The van der Waals surface area contributed by atoms with Crippen LogP contribution in [0.2, 0.25) is 0 Å². The van der Waals surface area contributed by atoms with Crippen molar-refractivity contribution in [2.75, 3.05) is 13.1 Å². The van der Waals surface area contributed by atoms with Gasteiger partial charge in [0.15, 0.2) is 0 Å². The van der Waals surface area contributed by atoms with Crippen LogP contribution in [-0.4, -0.2) is 24.9 Å². The van der Waals surface area contributed by atoms with Crippen molar-refractivity contribution in [1.82, 2.24) is 10.6 Å². The maximum Gasteiger partial charge on any atom is 0.309 e. The number of amides is 2. The number of nitrogens with zero attached hydrogens (tertiary/aromatic N) is 1. The molecule has 0 aliphatic heterocycles. The van der Waals surface area contributed by atoms with Gasteiger partial charge in [0, 0.05) is 19.5 Å². The predicted molar refractivity (Wildman–Crippen MR) is 97.2 cm³/mol. The van der Waals surface area contributed by atoms with Crippen molar-refractivity contribution in [1.29, 1.82) is 5.26 Å². The maximum atomic E-state index is 11.5. The Morgan fingerprint density at radius 1 is 0.833 bits per heavy atom. The molecule has 0 fully saturated rings. The van der Waals surface area contributed by atoms with E-state index in [-0.39, 0.29) is 0 Å². The molecule has 0 spiro atoms. The van der Waals surface area contributed by atoms with Crippen LogP contribution in [0.1, 0.15) is 77.6 Å². The Morgan fingerprint density at radius 3 is 1.96 bits per heavy atom. The molecule has 0 rings (SSSR count). The number of nitriles is 1. The highest BCUT2D eigenvalue weighted by molar-refractivity contribution is 6.35. The van der Waals surface area contributed by atoms with Crippen molar-refractivity contribution in [2.24, 2.45) is 0 Å². The number of carbonyl (C=O) groups excluding carboxylic acids is 2. The average molecular weight is 335 g/mol. The first kappa shape index (κ1) is 22.2. The molecule has 0 radical (unpaired) electrons. The van der Waals surface area contributed by atoms with E-state index >= 15 is 0 Å². The van der Waals surface area contributed by atoms with E-state index in [1.165, 1.54) is 12.8 Å². The summed E-state index contributed by atoms with van der Waals surface area (Å²) in [6.07, 6.45) is 15.5. The van der Waals surface area contributed by atoms with Crippen LogP contribution in [0.4, 0.5) is 0 Å². The Labute approximate surface area is 146 Å². The molecule has 0 aromatic rings. The molecule has 0 aromatic heterocycles. The second-order valence-corrected chi connectivity index (χ2v) is 5.94. The zero-order valence-corrected chi connectivity index (χ0v) is 15.1. The highest BCUT2D eigenvalue weighted by atomic mass is 16.2. The summed E-state index contributed by atoms with van der Waals surface area (Å²) in [6.45, 7) is 3.15. The molecular weight excluding hydrogens is 302 g/mol. The fourth-order valence-electron chi connectivity index (χ4n) is 2.18. The van der Waals surface area contributed by atoms with Gasteiger partial charge in [-0.2, -0.15) is 5.26 Å². The molecule has 0 bridgehead atoms. The molecule has 0 saturated heterocycles. The lowest BCUT2D eigenvalue weighted by atomic mass is 10.1. The van der Waals surface area contributed by atoms with Gasteiger partial charge in [0.2, 0.25) is 0 Å². The standard InChI is InChI=1S/C19H33N3O2/c1-2-3-16-21-18(23)19(24)22-17-14-12-10-8-6-4-5-7-9-11-13-15-20/h6,8H,2-5,7,9-14,16-17H2,1H3,(H,21,23)(H,22,24)/b8-6-. The molecule has 0 heterocycles. The second-order valence-electron chi connectivity index (χ2n) is 5.94. The van der Waals surface area contributed by atoms with Crippen LogP contribution in [-0.2, 0) is 9.59 Å². The van der Waals surface area contributed by atoms with Crippen LogP contribution in [0.25, 0.3) is 0 Å². The highest BCUT2D eigenvalue weighted by Crippen LogP contribution is 2.06. The van der Waals surface area contributed by atoms with Gasteiger partial charge >= 0.3 is 11.8 Å². The topological polar surface area (TPSA) is 82.0 Å². The van der Waals surface area contributed by atoms with Gasteiger partial charge in [0.1, 0.15) is 0 Å². The molecule has 5 nitrogen and oxygen atoms in total. The summed E-state index contributed by atoms with van der Waals surface area (Å²) in [4.78, 5) is 22.9. The zero-order chi connectivity index (χ0) is 17.9. The number of unbranched alkanes of at least 4 members (excludes halogenated alkanes) is 8. The number of allylic oxidation sites excluding steroid dienone is 2. The van der Waals surface area contributed by atoms with E-state index in [4.69, 9.17) is 5.26 Å². The van der Waals surface area contributed by atoms with Crippen molar-refractivity contribution in [3.05, 3.63) is 12.2 Å². The Morgan fingerprint density at radius 2 is 1.38 bits per heavy atom. The first-order chi connectivity index (χ1) is 11.7. The Bertz CT molecular complexity index is 400. The van der Waals surface area contributed by atoms with E-state index < -0.39 is 11.8 Å². The van der Waals surface area contributed by atoms with E-state index in [0.717, 1.165) is 51.4 Å². The normalized spacial score (nSPS) is 10.5. The third kappa shape index (κ3) is 15.1. The fraction of sp³-hybridized carbons (Fsp3) is 0.737. The molecule has 2 amide bonds. The molecule has 0 unspecified atom stereocenters. The Kier molecular flexibility index (Phi) is 16.2. The zero-order valence-electron chi connectivity index (χ0n) is 15.1. The van der Waals surface area contributed by atoms with E-state index in [1.807, 2.05) is 6.92 Å². The van der Waals surface area contributed by atoms with Gasteiger partial charge in [-0.15, -0.1) is 0 Å². The van der Waals surface area contributed by atoms with E-state index in [2.05, 4.69) is 28.9 Å². The van der Waals surface area contributed by atoms with Crippen LogP contribution in [0.15, 0.2) is 12.2 Å². The molecular formula is C19H33N3O2. The molecule has 0 aliphatic carbocycles. The maximum absolute atomic E-state index is 11.5. The molecule has 24 heavy (non-hydrogen) atoms. The number of rotatable bonds is 14. The van der Waals surface area contributed by atoms with Crippen LogP contribution < -0.4 is 10.6 Å². The molecule has 5 heteroatoms. The van der Waals surface area contributed by atoms with Crippen molar-refractivity contribution in [3.8, 4) is 6.07 Å². The van der Waals surface area contributed by atoms with Gasteiger partial charge in [0.25, 0.3) is 0 Å². The minimum absolute atomic E-state index is 0.530. The average Bonchev–Trinajstić information content (AvgIpc) is 2.58. The Balaban J connectivity index is 3.37. The molecule has 0 atom stereocenters. The molecule has 0 saturated carbocycles. The third-order valence-electron chi connectivity index (χ3n) is 3.68. The first-order valence-corrected chi connectivity index (χ1v) is 9.30. The lowest BCUT2D eigenvalue weighted by Crippen LogP contribution is -2.40. The van der Waals surface area contributed by atoms with Gasteiger partial charge in [-0.1, -0.05) is 38.3 Å². The third-order valence-corrected chi connectivity index (χ3v) is 3.68. The summed E-state index contributed by atoms with van der Waals surface area (Å²) in [7, 11) is 0. The number of hydrogen-bond donors (Lipinski definition) is 2. The lowest BCUT2D eigenvalue weighted by molar-refractivity contribution is -0.139. The largest absolute Gasteiger partial charge is 0.348 e. The number of nitrogens with one attached hydrogen (secondary N) is 2. The summed E-state index contributed by atoms with van der Waals surface area (Å²) in [6, 6.07) is 2.17. The van der Waals surface area contributed by atoms with Crippen LogP contribution in [0.3, 0.4) is 0 Å².